The largest absolute Gasteiger partial charge is 0.469 e. The number of rotatable bonds is 3. The predicted octanol–water partition coefficient (Wildman–Crippen LogP) is 3.83. The second kappa shape index (κ2) is 7.49. The number of nitrogens with zero attached hydrogens (tertiary/aromatic N) is 1. The number of carbonyl (C=O) groups excluding carboxylic acids is 2. The Hall–Kier alpha value is -2.34. The fourth-order valence-electron chi connectivity index (χ4n) is 2.88. The number of hydrogen-bond donors (Lipinski definition) is 1. The van der Waals surface area contributed by atoms with Gasteiger partial charge in [-0.2, -0.15) is 0 Å². The van der Waals surface area contributed by atoms with Crippen molar-refractivity contribution in [1.82, 2.24) is 4.90 Å². The highest BCUT2D eigenvalue weighted by atomic mass is 32.1. The van der Waals surface area contributed by atoms with Crippen molar-refractivity contribution < 1.29 is 14.3 Å². The molecule has 0 saturated carbocycles. The van der Waals surface area contributed by atoms with E-state index < -0.39 is 0 Å². The Labute approximate surface area is 145 Å². The van der Waals surface area contributed by atoms with Gasteiger partial charge in [0, 0.05) is 23.7 Å². The van der Waals surface area contributed by atoms with Gasteiger partial charge >= 0.3 is 12.0 Å². The Balaban J connectivity index is 1.60. The molecule has 1 saturated heterocycles. The van der Waals surface area contributed by atoms with Crippen LogP contribution in [-0.2, 0) is 9.53 Å². The van der Waals surface area contributed by atoms with Gasteiger partial charge in [-0.15, -0.1) is 11.3 Å². The summed E-state index contributed by atoms with van der Waals surface area (Å²) in [5.41, 5.74) is 1.87. The minimum absolute atomic E-state index is 0.0961. The molecule has 0 bridgehead atoms. The first kappa shape index (κ1) is 16.5. The standard InChI is InChI=1S/C18H20N2O3S/c1-23-17(21)13-7-9-20(10-8-13)18(22)19-15-5-2-4-14(12-15)16-6-3-11-24-16/h2-6,11-13H,7-10H2,1H3,(H,19,22). The number of ether oxygens (including phenoxy) is 1. The first-order valence-corrected chi connectivity index (χ1v) is 8.83. The number of carbonyl (C=O) groups is 2. The molecule has 1 aliphatic rings. The smallest absolute Gasteiger partial charge is 0.321 e. The maximum absolute atomic E-state index is 12.4. The highest BCUT2D eigenvalue weighted by Gasteiger charge is 2.27. The van der Waals surface area contributed by atoms with E-state index in [1.807, 2.05) is 35.7 Å². The molecule has 24 heavy (non-hydrogen) atoms. The fraction of sp³-hybridized carbons (Fsp3) is 0.333. The van der Waals surface area contributed by atoms with Gasteiger partial charge in [-0.25, -0.2) is 4.79 Å². The predicted molar refractivity (Wildman–Crippen MR) is 95.1 cm³/mol. The minimum atomic E-state index is -0.182. The fourth-order valence-corrected chi connectivity index (χ4v) is 3.60. The molecule has 1 fully saturated rings. The molecule has 0 radical (unpaired) electrons. The monoisotopic (exact) mass is 344 g/mol. The molecular weight excluding hydrogens is 324 g/mol. The highest BCUT2D eigenvalue weighted by molar-refractivity contribution is 7.13. The van der Waals surface area contributed by atoms with Crippen LogP contribution in [-0.4, -0.2) is 37.1 Å². The highest BCUT2D eigenvalue weighted by Crippen LogP contribution is 2.27. The van der Waals surface area contributed by atoms with E-state index in [4.69, 9.17) is 4.74 Å². The SMILES string of the molecule is COC(=O)C1CCN(C(=O)Nc2cccc(-c3cccs3)c2)CC1. The van der Waals surface area contributed by atoms with E-state index in [1.165, 1.54) is 12.0 Å². The van der Waals surface area contributed by atoms with Crippen molar-refractivity contribution in [3.8, 4) is 10.4 Å². The molecule has 0 spiro atoms. The summed E-state index contributed by atoms with van der Waals surface area (Å²) in [7, 11) is 1.40. The number of thiophene rings is 1. The maximum Gasteiger partial charge on any atom is 0.321 e. The van der Waals surface area contributed by atoms with Crippen molar-refractivity contribution in [2.24, 2.45) is 5.92 Å². The lowest BCUT2D eigenvalue weighted by molar-refractivity contribution is -0.146. The van der Waals surface area contributed by atoms with Crippen LogP contribution in [0, 0.1) is 5.92 Å². The number of anilines is 1. The summed E-state index contributed by atoms with van der Waals surface area (Å²) in [6.45, 7) is 1.13. The van der Waals surface area contributed by atoms with Gasteiger partial charge in [-0.3, -0.25) is 4.79 Å². The summed E-state index contributed by atoms with van der Waals surface area (Å²) in [5.74, 6) is -0.278. The molecule has 126 valence electrons. The van der Waals surface area contributed by atoms with Crippen molar-refractivity contribution in [3.05, 3.63) is 41.8 Å². The van der Waals surface area contributed by atoms with Crippen LogP contribution in [0.3, 0.4) is 0 Å². The van der Waals surface area contributed by atoms with E-state index in [2.05, 4.69) is 11.4 Å². The van der Waals surface area contributed by atoms with Crippen molar-refractivity contribution >= 4 is 29.0 Å². The maximum atomic E-state index is 12.4. The number of hydrogen-bond acceptors (Lipinski definition) is 4. The summed E-state index contributed by atoms with van der Waals surface area (Å²) in [6.07, 6.45) is 1.30. The molecule has 2 heterocycles. The summed E-state index contributed by atoms with van der Waals surface area (Å²) < 4.78 is 4.77. The molecule has 3 rings (SSSR count). The third-order valence-electron chi connectivity index (χ3n) is 4.24. The number of benzene rings is 1. The van der Waals surface area contributed by atoms with Crippen LogP contribution in [0.1, 0.15) is 12.8 Å². The molecule has 5 nitrogen and oxygen atoms in total. The number of likely N-dealkylation sites (tertiary alicyclic amines) is 1. The normalized spacial score (nSPS) is 15.1. The van der Waals surface area contributed by atoms with E-state index in [9.17, 15) is 9.59 Å². The van der Waals surface area contributed by atoms with Gasteiger partial charge in [0.15, 0.2) is 0 Å². The van der Waals surface area contributed by atoms with E-state index in [0.29, 0.717) is 25.9 Å². The summed E-state index contributed by atoms with van der Waals surface area (Å²) >= 11 is 1.67. The van der Waals surface area contributed by atoms with Crippen LogP contribution in [0.15, 0.2) is 41.8 Å². The zero-order chi connectivity index (χ0) is 16.9. The molecule has 1 aliphatic heterocycles. The summed E-state index contributed by atoms with van der Waals surface area (Å²) in [6, 6.07) is 11.8. The Morgan fingerprint density at radius 3 is 2.67 bits per heavy atom. The average molecular weight is 344 g/mol. The molecule has 1 aromatic heterocycles. The van der Waals surface area contributed by atoms with Gasteiger partial charge in [0.05, 0.1) is 13.0 Å². The first-order valence-electron chi connectivity index (χ1n) is 7.95. The number of piperidine rings is 1. The zero-order valence-electron chi connectivity index (χ0n) is 13.5. The van der Waals surface area contributed by atoms with Crippen molar-refractivity contribution in [1.29, 1.82) is 0 Å². The molecule has 2 amide bonds. The lowest BCUT2D eigenvalue weighted by atomic mass is 9.97. The van der Waals surface area contributed by atoms with Crippen LogP contribution < -0.4 is 5.32 Å². The molecule has 0 atom stereocenters. The number of methoxy groups -OCH3 is 1. The number of nitrogens with one attached hydrogen (secondary N) is 1. The third kappa shape index (κ3) is 3.76. The topological polar surface area (TPSA) is 58.6 Å². The molecular formula is C18H20N2O3S. The lowest BCUT2D eigenvalue weighted by Crippen LogP contribution is -2.42. The van der Waals surface area contributed by atoms with Crippen molar-refractivity contribution in [3.63, 3.8) is 0 Å². The Morgan fingerprint density at radius 2 is 2.00 bits per heavy atom. The van der Waals surface area contributed by atoms with Crippen LogP contribution in [0.4, 0.5) is 10.5 Å². The first-order chi connectivity index (χ1) is 11.7. The van der Waals surface area contributed by atoms with Gasteiger partial charge in [-0.1, -0.05) is 18.2 Å². The molecule has 0 unspecified atom stereocenters. The van der Waals surface area contributed by atoms with Crippen LogP contribution >= 0.6 is 11.3 Å². The van der Waals surface area contributed by atoms with E-state index in [-0.39, 0.29) is 17.9 Å². The number of urea groups is 1. The molecule has 1 N–H and O–H groups in total. The molecule has 2 aromatic rings. The van der Waals surface area contributed by atoms with Crippen molar-refractivity contribution in [2.75, 3.05) is 25.5 Å². The Bertz CT molecular complexity index is 707. The minimum Gasteiger partial charge on any atom is -0.469 e. The summed E-state index contributed by atoms with van der Waals surface area (Å²) in [4.78, 5) is 26.9. The van der Waals surface area contributed by atoms with Gasteiger partial charge in [-0.05, 0) is 42.0 Å². The number of amides is 2. The van der Waals surface area contributed by atoms with Crippen molar-refractivity contribution in [2.45, 2.75) is 12.8 Å². The second-order valence-electron chi connectivity index (χ2n) is 5.77. The quantitative estimate of drug-likeness (QED) is 0.861. The third-order valence-corrected chi connectivity index (χ3v) is 5.16. The molecule has 1 aromatic carbocycles. The zero-order valence-corrected chi connectivity index (χ0v) is 14.3. The number of esters is 1. The lowest BCUT2D eigenvalue weighted by Gasteiger charge is -2.30. The van der Waals surface area contributed by atoms with Gasteiger partial charge in [0.2, 0.25) is 0 Å². The van der Waals surface area contributed by atoms with Gasteiger partial charge < -0.3 is 15.0 Å². The summed E-state index contributed by atoms with van der Waals surface area (Å²) in [5, 5.41) is 4.98. The van der Waals surface area contributed by atoms with Crippen LogP contribution in [0.2, 0.25) is 0 Å². The van der Waals surface area contributed by atoms with E-state index in [0.717, 1.165) is 11.3 Å². The van der Waals surface area contributed by atoms with Crippen LogP contribution in [0.25, 0.3) is 10.4 Å². The second-order valence-corrected chi connectivity index (χ2v) is 6.72. The Morgan fingerprint density at radius 1 is 1.21 bits per heavy atom. The van der Waals surface area contributed by atoms with E-state index in [1.54, 1.807) is 16.2 Å². The van der Waals surface area contributed by atoms with Gasteiger partial charge in [0.1, 0.15) is 0 Å². The molecule has 6 heteroatoms. The average Bonchev–Trinajstić information content (AvgIpc) is 3.16. The Kier molecular flexibility index (Phi) is 5.15. The molecule has 0 aliphatic carbocycles. The van der Waals surface area contributed by atoms with Crippen LogP contribution in [0.5, 0.6) is 0 Å². The van der Waals surface area contributed by atoms with Gasteiger partial charge in [0.25, 0.3) is 0 Å². The van der Waals surface area contributed by atoms with E-state index >= 15 is 0 Å².